The monoisotopic (exact) mass is 685 g/mol. The van der Waals surface area contributed by atoms with Crippen LogP contribution >= 0.6 is 0 Å². The lowest BCUT2D eigenvalue weighted by Gasteiger charge is -2.29. The van der Waals surface area contributed by atoms with E-state index in [2.05, 4.69) is 25.7 Å². The molecule has 2 rings (SSSR count). The van der Waals surface area contributed by atoms with Crippen LogP contribution in [-0.4, -0.2) is 90.9 Å². The molecule has 0 saturated carbocycles. The van der Waals surface area contributed by atoms with Crippen molar-refractivity contribution in [3.8, 4) is 17.0 Å². The summed E-state index contributed by atoms with van der Waals surface area (Å²) in [5.74, 6) is -3.33. The average molecular weight is 686 g/mol. The van der Waals surface area contributed by atoms with Crippen molar-refractivity contribution in [3.63, 3.8) is 0 Å². The first kappa shape index (κ1) is 40.1. The van der Waals surface area contributed by atoms with Crippen molar-refractivity contribution in [3.05, 3.63) is 47.7 Å². The van der Waals surface area contributed by atoms with Gasteiger partial charge >= 0.3 is 11.9 Å². The number of carbonyl (C=O) groups is 6. The molecule has 0 radical (unpaired) electrons. The number of hydrogen-bond acceptors (Lipinski definition) is 11. The van der Waals surface area contributed by atoms with E-state index in [-0.39, 0.29) is 49.5 Å². The summed E-state index contributed by atoms with van der Waals surface area (Å²) in [7, 11) is 2.39. The van der Waals surface area contributed by atoms with Gasteiger partial charge < -0.3 is 30.2 Å². The number of ether oxygens (including phenoxy) is 3. The largest absolute Gasteiger partial charge is 0.493 e. The van der Waals surface area contributed by atoms with Gasteiger partial charge in [-0.2, -0.15) is 0 Å². The Labute approximate surface area is 286 Å². The molecule has 49 heavy (non-hydrogen) atoms. The van der Waals surface area contributed by atoms with Crippen LogP contribution < -0.4 is 20.7 Å². The minimum absolute atomic E-state index is 0.0319. The Morgan fingerprint density at radius 2 is 1.71 bits per heavy atom. The molecule has 0 bridgehead atoms. The number of benzene rings is 1. The van der Waals surface area contributed by atoms with E-state index in [1.54, 1.807) is 38.1 Å². The summed E-state index contributed by atoms with van der Waals surface area (Å²) < 4.78 is 15.1. The number of aromatic nitrogens is 1. The van der Waals surface area contributed by atoms with Crippen molar-refractivity contribution in [1.29, 1.82) is 0 Å². The molecule has 15 nitrogen and oxygen atoms in total. The van der Waals surface area contributed by atoms with E-state index in [0.29, 0.717) is 29.2 Å². The Hall–Kier alpha value is -5.05. The molecule has 2 aromatic rings. The molecule has 0 aliphatic rings. The van der Waals surface area contributed by atoms with E-state index in [1.165, 1.54) is 26.4 Å². The van der Waals surface area contributed by atoms with Crippen LogP contribution in [0.1, 0.15) is 86.6 Å². The lowest BCUT2D eigenvalue weighted by molar-refractivity contribution is -0.168. The Kier molecular flexibility index (Phi) is 17.2. The predicted molar refractivity (Wildman–Crippen MR) is 177 cm³/mol. The van der Waals surface area contributed by atoms with E-state index in [1.807, 2.05) is 6.92 Å². The third kappa shape index (κ3) is 12.2. The molecule has 3 atom stereocenters. The van der Waals surface area contributed by atoms with Crippen LogP contribution in [0.2, 0.25) is 0 Å². The lowest BCUT2D eigenvalue weighted by atomic mass is 9.90. The number of esters is 2. The number of hydroxylamine groups is 2. The number of hydrogen-bond donors (Lipinski definition) is 4. The Morgan fingerprint density at radius 3 is 2.35 bits per heavy atom. The van der Waals surface area contributed by atoms with Gasteiger partial charge in [0, 0.05) is 12.0 Å². The summed E-state index contributed by atoms with van der Waals surface area (Å²) in [5, 5.41) is 18.4. The van der Waals surface area contributed by atoms with Crippen molar-refractivity contribution in [2.45, 2.75) is 77.8 Å². The lowest BCUT2D eigenvalue weighted by Crippen LogP contribution is -2.47. The number of pyridine rings is 1. The van der Waals surface area contributed by atoms with Crippen LogP contribution in [0.3, 0.4) is 0 Å². The highest BCUT2D eigenvalue weighted by Crippen LogP contribution is 2.27. The zero-order valence-corrected chi connectivity index (χ0v) is 28.7. The van der Waals surface area contributed by atoms with Crippen molar-refractivity contribution in [2.24, 2.45) is 5.92 Å². The van der Waals surface area contributed by atoms with Crippen LogP contribution in [0.15, 0.2) is 36.4 Å². The summed E-state index contributed by atoms with van der Waals surface area (Å²) in [6, 6.07) is 7.67. The zero-order valence-electron chi connectivity index (χ0n) is 28.7. The molecule has 0 fully saturated rings. The zero-order chi connectivity index (χ0) is 36.3. The summed E-state index contributed by atoms with van der Waals surface area (Å²) in [5.41, 5.74) is 1.11. The van der Waals surface area contributed by atoms with Crippen LogP contribution in [-0.2, 0) is 28.7 Å². The van der Waals surface area contributed by atoms with E-state index in [4.69, 9.17) is 9.47 Å². The van der Waals surface area contributed by atoms with Crippen LogP contribution in [0.4, 0.5) is 0 Å². The molecule has 0 unspecified atom stereocenters. The molecule has 268 valence electrons. The molecule has 1 aromatic heterocycles. The molecule has 15 heteroatoms. The third-order valence-corrected chi connectivity index (χ3v) is 7.76. The third-order valence-electron chi connectivity index (χ3n) is 7.76. The molecule has 4 amide bonds. The number of amides is 4. The molecule has 4 N–H and O–H groups in total. The fourth-order valence-electron chi connectivity index (χ4n) is 5.14. The molecule has 0 aliphatic heterocycles. The number of rotatable bonds is 21. The number of nitrogens with zero attached hydrogens (tertiary/aromatic N) is 2. The Morgan fingerprint density at radius 1 is 0.959 bits per heavy atom. The maximum absolute atomic E-state index is 13.2. The second-order valence-electron chi connectivity index (χ2n) is 11.0. The summed E-state index contributed by atoms with van der Waals surface area (Å²) in [4.78, 5) is 78.7. The summed E-state index contributed by atoms with van der Waals surface area (Å²) in [6.07, 6.45) is 3.53. The van der Waals surface area contributed by atoms with Gasteiger partial charge in [0.05, 0.1) is 50.7 Å². The first-order valence-electron chi connectivity index (χ1n) is 16.2. The van der Waals surface area contributed by atoms with Crippen molar-refractivity contribution < 1.29 is 48.2 Å². The SMILES string of the molecule is CCCCC[C@@H](C(=O)NCNC(=O)c1cccc(-c2ccc(C(=O)N[C@@H](CCC(=O)OC)C(=O)OC)c(OCC)c2)n1)[C@@H](CC)N(O)C=O. The Balaban J connectivity index is 2.18. The molecule has 0 aliphatic carbocycles. The molecular weight excluding hydrogens is 638 g/mol. The molecule has 1 heterocycles. The quantitative estimate of drug-likeness (QED) is 0.0376. The predicted octanol–water partition coefficient (Wildman–Crippen LogP) is 3.00. The number of nitrogens with one attached hydrogen (secondary N) is 3. The smallest absolute Gasteiger partial charge is 0.328 e. The fourth-order valence-corrected chi connectivity index (χ4v) is 5.14. The average Bonchev–Trinajstić information content (AvgIpc) is 3.12. The van der Waals surface area contributed by atoms with Gasteiger partial charge in [0.1, 0.15) is 17.5 Å². The van der Waals surface area contributed by atoms with E-state index >= 15 is 0 Å². The second kappa shape index (κ2) is 21.0. The standard InChI is InChI=1S/C34H47N5O10/c1-6-9-10-12-23(28(7-2)39(46)21-40)31(42)35-20-36-33(44)26-14-11-13-25(37-26)22-15-16-24(29(19-22)49-8-3)32(43)38-27(34(45)48-5)17-18-30(41)47-4/h11,13-16,19,21,23,27-28,46H,6-10,12,17-18,20H2,1-5H3,(H,35,42)(H,36,44)(H,38,43)/t23-,27+,28-/m1/s1. The first-order valence-corrected chi connectivity index (χ1v) is 16.2. The normalized spacial score (nSPS) is 12.4. The van der Waals surface area contributed by atoms with Gasteiger partial charge in [-0.15, -0.1) is 0 Å². The van der Waals surface area contributed by atoms with E-state index in [9.17, 15) is 34.0 Å². The first-order chi connectivity index (χ1) is 23.5. The minimum Gasteiger partial charge on any atom is -0.493 e. The summed E-state index contributed by atoms with van der Waals surface area (Å²) >= 11 is 0. The Bertz CT molecular complexity index is 1440. The van der Waals surface area contributed by atoms with Crippen molar-refractivity contribution >= 4 is 36.1 Å². The van der Waals surface area contributed by atoms with Gasteiger partial charge in [-0.1, -0.05) is 45.2 Å². The van der Waals surface area contributed by atoms with E-state index in [0.717, 1.165) is 19.3 Å². The molecule has 0 spiro atoms. The van der Waals surface area contributed by atoms with Gasteiger partial charge in [-0.25, -0.2) is 14.8 Å². The van der Waals surface area contributed by atoms with Crippen molar-refractivity contribution in [1.82, 2.24) is 26.0 Å². The molecule has 0 saturated heterocycles. The highest BCUT2D eigenvalue weighted by atomic mass is 16.5. The number of unbranched alkanes of at least 4 members (excludes halogenated alkanes) is 2. The highest BCUT2D eigenvalue weighted by Gasteiger charge is 2.31. The number of carbonyl (C=O) groups excluding carboxylic acids is 6. The van der Waals surface area contributed by atoms with Crippen LogP contribution in [0.25, 0.3) is 11.3 Å². The molecular formula is C34H47N5O10. The van der Waals surface area contributed by atoms with Gasteiger partial charge in [-0.3, -0.25) is 29.2 Å². The topological polar surface area (TPSA) is 203 Å². The van der Waals surface area contributed by atoms with Crippen molar-refractivity contribution in [2.75, 3.05) is 27.5 Å². The van der Waals surface area contributed by atoms with Crippen LogP contribution in [0, 0.1) is 5.92 Å². The van der Waals surface area contributed by atoms with Gasteiger partial charge in [0.15, 0.2) is 0 Å². The van der Waals surface area contributed by atoms with Gasteiger partial charge in [0.2, 0.25) is 12.3 Å². The van der Waals surface area contributed by atoms with Crippen LogP contribution in [0.5, 0.6) is 5.75 Å². The minimum atomic E-state index is -1.10. The van der Waals surface area contributed by atoms with E-state index < -0.39 is 47.7 Å². The number of methoxy groups -OCH3 is 2. The second-order valence-corrected chi connectivity index (χ2v) is 11.0. The van der Waals surface area contributed by atoms with Gasteiger partial charge in [0.25, 0.3) is 11.8 Å². The fraction of sp³-hybridized carbons (Fsp3) is 0.500. The summed E-state index contributed by atoms with van der Waals surface area (Å²) in [6.45, 7) is 5.55. The maximum atomic E-state index is 13.2. The maximum Gasteiger partial charge on any atom is 0.328 e. The molecule has 1 aromatic carbocycles. The highest BCUT2D eigenvalue weighted by molar-refractivity contribution is 6.00. The van der Waals surface area contributed by atoms with Gasteiger partial charge in [-0.05, 0) is 50.5 Å².